The summed E-state index contributed by atoms with van der Waals surface area (Å²) in [6, 6.07) is 12.3. The number of aryl methyl sites for hydroxylation is 3. The summed E-state index contributed by atoms with van der Waals surface area (Å²) in [6.45, 7) is 5.51. The summed E-state index contributed by atoms with van der Waals surface area (Å²) in [6.07, 6.45) is 0. The summed E-state index contributed by atoms with van der Waals surface area (Å²) >= 11 is 1.55. The van der Waals surface area contributed by atoms with Gasteiger partial charge in [0.2, 0.25) is 5.91 Å². The highest BCUT2D eigenvalue weighted by Gasteiger charge is 2.13. The van der Waals surface area contributed by atoms with E-state index in [0.717, 1.165) is 32.3 Å². The summed E-state index contributed by atoms with van der Waals surface area (Å²) in [7, 11) is 0. The second-order valence-corrected chi connectivity index (χ2v) is 7.93. The average molecular weight is 420 g/mol. The first-order valence-corrected chi connectivity index (χ1v) is 10.2. The number of nitrogens with one attached hydrogen (secondary N) is 1. The number of carbonyl (C=O) groups is 1. The number of thiazole rings is 1. The number of hydrogen-bond acceptors (Lipinski definition) is 6. The van der Waals surface area contributed by atoms with E-state index in [1.165, 1.54) is 6.07 Å². The molecule has 0 bridgehead atoms. The van der Waals surface area contributed by atoms with Crippen LogP contribution in [0.3, 0.4) is 0 Å². The predicted molar refractivity (Wildman–Crippen MR) is 116 cm³/mol. The van der Waals surface area contributed by atoms with Crippen molar-refractivity contribution in [3.8, 4) is 17.1 Å². The lowest BCUT2D eigenvalue weighted by molar-refractivity contribution is -0.117. The fourth-order valence-electron chi connectivity index (χ4n) is 3.15. The van der Waals surface area contributed by atoms with Gasteiger partial charge < -0.3 is 5.32 Å². The minimum absolute atomic E-state index is 0.212. The predicted octanol–water partition coefficient (Wildman–Crippen LogP) is 3.12. The fourth-order valence-corrected chi connectivity index (χ4v) is 3.77. The number of anilines is 1. The molecule has 8 nitrogen and oxygen atoms in total. The molecule has 1 N–H and O–H groups in total. The molecule has 0 fully saturated rings. The Hall–Kier alpha value is -3.59. The van der Waals surface area contributed by atoms with Gasteiger partial charge in [-0.2, -0.15) is 5.10 Å². The van der Waals surface area contributed by atoms with E-state index >= 15 is 0 Å². The lowest BCUT2D eigenvalue weighted by Gasteiger charge is -2.11. The van der Waals surface area contributed by atoms with Gasteiger partial charge >= 0.3 is 0 Å². The molecule has 0 aliphatic carbocycles. The number of nitrogens with zero attached hydrogens (tertiary/aromatic N) is 5. The molecular formula is C21H20N6O2S. The zero-order chi connectivity index (χ0) is 21.3. The first-order valence-electron chi connectivity index (χ1n) is 9.34. The van der Waals surface area contributed by atoms with Gasteiger partial charge in [0.05, 0.1) is 22.1 Å². The van der Waals surface area contributed by atoms with Crippen molar-refractivity contribution in [1.82, 2.24) is 24.5 Å². The number of para-hydroxylation sites is 1. The first-order chi connectivity index (χ1) is 14.4. The van der Waals surface area contributed by atoms with E-state index in [9.17, 15) is 9.59 Å². The van der Waals surface area contributed by atoms with Crippen molar-refractivity contribution in [2.75, 3.05) is 5.32 Å². The summed E-state index contributed by atoms with van der Waals surface area (Å²) < 4.78 is 2.78. The van der Waals surface area contributed by atoms with Crippen molar-refractivity contribution < 1.29 is 4.79 Å². The zero-order valence-electron chi connectivity index (χ0n) is 16.8. The molecule has 9 heteroatoms. The molecule has 1 amide bonds. The smallest absolute Gasteiger partial charge is 0.267 e. The third-order valence-corrected chi connectivity index (χ3v) is 5.24. The largest absolute Gasteiger partial charge is 0.324 e. The second-order valence-electron chi connectivity index (χ2n) is 6.87. The van der Waals surface area contributed by atoms with E-state index in [1.54, 1.807) is 22.1 Å². The van der Waals surface area contributed by atoms with E-state index in [0.29, 0.717) is 11.5 Å². The molecule has 4 rings (SSSR count). The molecule has 0 unspecified atom stereocenters. The van der Waals surface area contributed by atoms with Crippen LogP contribution >= 0.6 is 11.3 Å². The summed E-state index contributed by atoms with van der Waals surface area (Å²) in [5.41, 5.74) is 3.64. The highest BCUT2D eigenvalue weighted by molar-refractivity contribution is 7.09. The number of amides is 1. The average Bonchev–Trinajstić information content (AvgIpc) is 3.28. The number of aromatic nitrogens is 5. The lowest BCUT2D eigenvalue weighted by atomic mass is 10.1. The fraction of sp³-hybridized carbons (Fsp3) is 0.190. The van der Waals surface area contributed by atoms with Gasteiger partial charge in [0.15, 0.2) is 5.82 Å². The quantitative estimate of drug-likeness (QED) is 0.535. The standard InChI is InChI=1S/C21H20N6O2S/c1-13-10-14(2)27(24-13)19-8-9-21(29)26(25-19)11-20(28)23-17-7-5-4-6-16(17)18-12-30-15(3)22-18/h4-10,12H,11H2,1-3H3,(H,23,28). The number of benzene rings is 1. The first kappa shape index (κ1) is 19.7. The Balaban J connectivity index is 1.58. The van der Waals surface area contributed by atoms with Gasteiger partial charge in [-0.3, -0.25) is 9.59 Å². The molecular weight excluding hydrogens is 400 g/mol. The van der Waals surface area contributed by atoms with Crippen LogP contribution in [0.2, 0.25) is 0 Å². The topological polar surface area (TPSA) is 94.7 Å². The van der Waals surface area contributed by atoms with Gasteiger partial charge in [-0.05, 0) is 39.0 Å². The zero-order valence-corrected chi connectivity index (χ0v) is 17.6. The Labute approximate surface area is 176 Å². The molecule has 30 heavy (non-hydrogen) atoms. The van der Waals surface area contributed by atoms with Gasteiger partial charge in [-0.25, -0.2) is 14.3 Å². The lowest BCUT2D eigenvalue weighted by Crippen LogP contribution is -2.30. The summed E-state index contributed by atoms with van der Waals surface area (Å²) in [5.74, 6) is 0.126. The van der Waals surface area contributed by atoms with Crippen LogP contribution < -0.4 is 10.9 Å². The van der Waals surface area contributed by atoms with Crippen LogP contribution in [-0.4, -0.2) is 30.5 Å². The molecule has 3 aromatic heterocycles. The normalized spacial score (nSPS) is 10.9. The maximum absolute atomic E-state index is 12.7. The third kappa shape index (κ3) is 4.06. The molecule has 4 aromatic rings. The molecule has 0 saturated carbocycles. The molecule has 0 spiro atoms. The monoisotopic (exact) mass is 420 g/mol. The molecule has 0 atom stereocenters. The molecule has 152 valence electrons. The van der Waals surface area contributed by atoms with E-state index in [1.807, 2.05) is 56.5 Å². The minimum Gasteiger partial charge on any atom is -0.324 e. The Kier molecular flexibility index (Phi) is 5.28. The Bertz CT molecular complexity index is 1290. The van der Waals surface area contributed by atoms with Gasteiger partial charge in [0, 0.05) is 22.7 Å². The SMILES string of the molecule is Cc1cc(C)n(-c2ccc(=O)n(CC(=O)Nc3ccccc3-c3csc(C)n3)n2)n1. The van der Waals surface area contributed by atoms with Crippen LogP contribution in [0.1, 0.15) is 16.4 Å². The summed E-state index contributed by atoms with van der Waals surface area (Å²) in [4.78, 5) is 29.4. The van der Waals surface area contributed by atoms with Crippen LogP contribution in [-0.2, 0) is 11.3 Å². The van der Waals surface area contributed by atoms with E-state index in [4.69, 9.17) is 0 Å². The van der Waals surface area contributed by atoms with Crippen LogP contribution in [0.4, 0.5) is 5.69 Å². The second kappa shape index (κ2) is 8.03. The molecule has 0 aliphatic rings. The van der Waals surface area contributed by atoms with Crippen molar-refractivity contribution in [2.24, 2.45) is 0 Å². The van der Waals surface area contributed by atoms with Gasteiger partial charge in [-0.1, -0.05) is 18.2 Å². The van der Waals surface area contributed by atoms with Crippen LogP contribution in [0, 0.1) is 20.8 Å². The van der Waals surface area contributed by atoms with Crippen LogP contribution in [0.15, 0.2) is 52.6 Å². The third-order valence-electron chi connectivity index (χ3n) is 4.47. The maximum Gasteiger partial charge on any atom is 0.267 e. The van der Waals surface area contributed by atoms with Crippen molar-refractivity contribution in [2.45, 2.75) is 27.3 Å². The highest BCUT2D eigenvalue weighted by atomic mass is 32.1. The van der Waals surface area contributed by atoms with Crippen molar-refractivity contribution >= 4 is 22.9 Å². The minimum atomic E-state index is -0.362. The van der Waals surface area contributed by atoms with Crippen molar-refractivity contribution in [3.63, 3.8) is 0 Å². The van der Waals surface area contributed by atoms with Crippen LogP contribution in [0.5, 0.6) is 0 Å². The molecule has 0 radical (unpaired) electrons. The molecule has 1 aromatic carbocycles. The Morgan fingerprint density at radius 1 is 1.10 bits per heavy atom. The summed E-state index contributed by atoms with van der Waals surface area (Å²) in [5, 5.41) is 14.5. The van der Waals surface area contributed by atoms with Crippen molar-refractivity contribution in [3.05, 3.63) is 74.6 Å². The van der Waals surface area contributed by atoms with Gasteiger partial charge in [0.1, 0.15) is 6.54 Å². The van der Waals surface area contributed by atoms with Gasteiger partial charge in [-0.15, -0.1) is 16.4 Å². The Morgan fingerprint density at radius 3 is 2.60 bits per heavy atom. The maximum atomic E-state index is 12.7. The highest BCUT2D eigenvalue weighted by Crippen LogP contribution is 2.28. The van der Waals surface area contributed by atoms with Crippen molar-refractivity contribution in [1.29, 1.82) is 0 Å². The number of hydrogen-bond donors (Lipinski definition) is 1. The van der Waals surface area contributed by atoms with Crippen LogP contribution in [0.25, 0.3) is 17.1 Å². The van der Waals surface area contributed by atoms with Gasteiger partial charge in [0.25, 0.3) is 5.56 Å². The molecule has 0 saturated heterocycles. The Morgan fingerprint density at radius 2 is 1.90 bits per heavy atom. The van der Waals surface area contributed by atoms with E-state index < -0.39 is 0 Å². The van der Waals surface area contributed by atoms with E-state index in [2.05, 4.69) is 20.5 Å². The number of rotatable bonds is 5. The molecule has 0 aliphatic heterocycles. The van der Waals surface area contributed by atoms with E-state index in [-0.39, 0.29) is 18.0 Å². The number of carbonyl (C=O) groups excluding carboxylic acids is 1. The molecule has 3 heterocycles.